The van der Waals surface area contributed by atoms with Crippen molar-refractivity contribution in [3.8, 4) is 0 Å². The molecule has 1 unspecified atom stereocenters. The molecule has 1 aliphatic heterocycles. The van der Waals surface area contributed by atoms with E-state index in [4.69, 9.17) is 0 Å². The van der Waals surface area contributed by atoms with Gasteiger partial charge < -0.3 is 9.88 Å². The van der Waals surface area contributed by atoms with Crippen LogP contribution in [0.3, 0.4) is 0 Å². The Balaban J connectivity index is 1.73. The zero-order valence-electron chi connectivity index (χ0n) is 11.3. The first-order chi connectivity index (χ1) is 10.3. The fraction of sp³-hybridized carbons (Fsp3) is 0.267. The summed E-state index contributed by atoms with van der Waals surface area (Å²) in [5.41, 5.74) is 1.70. The average molecular weight is 298 g/mol. The van der Waals surface area contributed by atoms with Gasteiger partial charge in [-0.25, -0.2) is 4.98 Å². The molecule has 0 amide bonds. The van der Waals surface area contributed by atoms with Gasteiger partial charge in [0.1, 0.15) is 0 Å². The smallest absolute Gasteiger partial charge is 0.250 e. The van der Waals surface area contributed by atoms with Crippen molar-refractivity contribution in [1.29, 1.82) is 0 Å². The largest absolute Gasteiger partial charge is 0.370 e. The number of nitrogens with zero attached hydrogens (tertiary/aromatic N) is 3. The number of rotatable bonds is 2. The summed E-state index contributed by atoms with van der Waals surface area (Å²) in [5.74, 6) is 0.459. The molecule has 1 atom stereocenters. The van der Waals surface area contributed by atoms with E-state index in [2.05, 4.69) is 19.9 Å². The lowest BCUT2D eigenvalue weighted by Crippen LogP contribution is -2.21. The number of aromatic nitrogens is 3. The summed E-state index contributed by atoms with van der Waals surface area (Å²) >= 11 is 1.71. The number of pyridine rings is 2. The number of aromatic amines is 1. The van der Waals surface area contributed by atoms with Crippen LogP contribution in [0.1, 0.15) is 17.3 Å². The van der Waals surface area contributed by atoms with Crippen molar-refractivity contribution >= 4 is 27.9 Å². The molecule has 106 valence electrons. The second kappa shape index (κ2) is 4.96. The van der Waals surface area contributed by atoms with E-state index in [0.29, 0.717) is 5.92 Å². The zero-order valence-corrected chi connectivity index (χ0v) is 12.1. The first kappa shape index (κ1) is 12.5. The van der Waals surface area contributed by atoms with Gasteiger partial charge in [0, 0.05) is 48.2 Å². The van der Waals surface area contributed by atoms with E-state index in [1.807, 2.05) is 17.6 Å². The molecule has 6 heteroatoms. The van der Waals surface area contributed by atoms with Crippen molar-refractivity contribution in [2.45, 2.75) is 12.3 Å². The number of H-pyrrole nitrogens is 1. The molecule has 0 aliphatic carbocycles. The Hall–Kier alpha value is -2.21. The zero-order chi connectivity index (χ0) is 14.2. The Morgan fingerprint density at radius 3 is 3.19 bits per heavy atom. The molecule has 4 heterocycles. The summed E-state index contributed by atoms with van der Waals surface area (Å²) in [7, 11) is 0. The van der Waals surface area contributed by atoms with E-state index >= 15 is 0 Å². The number of fused-ring (bicyclic) bond motifs is 1. The van der Waals surface area contributed by atoms with Crippen LogP contribution in [0.15, 0.2) is 40.9 Å². The average Bonchev–Trinajstić information content (AvgIpc) is 3.17. The highest BCUT2D eigenvalue weighted by molar-refractivity contribution is 7.09. The Bertz CT molecular complexity index is 827. The second-order valence-electron chi connectivity index (χ2n) is 5.24. The summed E-state index contributed by atoms with van der Waals surface area (Å²) < 4.78 is 0. The Kier molecular flexibility index (Phi) is 2.96. The van der Waals surface area contributed by atoms with Gasteiger partial charge in [-0.1, -0.05) is 0 Å². The van der Waals surface area contributed by atoms with Gasteiger partial charge in [-0.3, -0.25) is 9.78 Å². The monoisotopic (exact) mass is 298 g/mol. The second-order valence-corrected chi connectivity index (χ2v) is 6.17. The summed E-state index contributed by atoms with van der Waals surface area (Å²) in [5, 5.41) is 4.25. The van der Waals surface area contributed by atoms with Crippen LogP contribution >= 0.6 is 11.3 Å². The van der Waals surface area contributed by atoms with Crippen molar-refractivity contribution < 1.29 is 0 Å². The minimum Gasteiger partial charge on any atom is -0.370 e. The molecule has 3 aromatic heterocycles. The molecule has 1 saturated heterocycles. The van der Waals surface area contributed by atoms with Crippen molar-refractivity contribution in [3.05, 3.63) is 51.5 Å². The SMILES string of the molecule is O=c1cc(N2CCC(c3nccs3)C2)c2ccncc2[nH]1. The predicted molar refractivity (Wildman–Crippen MR) is 84.0 cm³/mol. The highest BCUT2D eigenvalue weighted by Crippen LogP contribution is 2.33. The van der Waals surface area contributed by atoms with E-state index < -0.39 is 0 Å². The molecule has 5 nitrogen and oxygen atoms in total. The summed E-state index contributed by atoms with van der Waals surface area (Å²) in [4.78, 5) is 25.5. The first-order valence-corrected chi connectivity index (χ1v) is 7.80. The van der Waals surface area contributed by atoms with Gasteiger partial charge in [0.2, 0.25) is 0 Å². The molecular formula is C15H14N4OS. The lowest BCUT2D eigenvalue weighted by atomic mass is 10.1. The topological polar surface area (TPSA) is 61.9 Å². The van der Waals surface area contributed by atoms with Gasteiger partial charge in [0.15, 0.2) is 0 Å². The van der Waals surface area contributed by atoms with E-state index in [-0.39, 0.29) is 5.56 Å². The van der Waals surface area contributed by atoms with Gasteiger partial charge in [-0.15, -0.1) is 11.3 Å². The van der Waals surface area contributed by atoms with E-state index in [1.54, 1.807) is 29.8 Å². The third-order valence-electron chi connectivity index (χ3n) is 3.95. The quantitative estimate of drug-likeness (QED) is 0.789. The van der Waals surface area contributed by atoms with Crippen LogP contribution in [-0.2, 0) is 0 Å². The fourth-order valence-corrected chi connectivity index (χ4v) is 3.73. The molecule has 1 N–H and O–H groups in total. The van der Waals surface area contributed by atoms with Gasteiger partial charge >= 0.3 is 0 Å². The van der Waals surface area contributed by atoms with Gasteiger partial charge in [-0.2, -0.15) is 0 Å². The molecule has 1 fully saturated rings. The van der Waals surface area contributed by atoms with Crippen LogP contribution in [0.5, 0.6) is 0 Å². The third kappa shape index (κ3) is 2.21. The number of nitrogens with one attached hydrogen (secondary N) is 1. The Labute approximate surface area is 125 Å². The van der Waals surface area contributed by atoms with Crippen LogP contribution in [-0.4, -0.2) is 28.0 Å². The first-order valence-electron chi connectivity index (χ1n) is 6.92. The van der Waals surface area contributed by atoms with Crippen molar-refractivity contribution in [3.63, 3.8) is 0 Å². The Morgan fingerprint density at radius 2 is 2.33 bits per heavy atom. The molecule has 3 aromatic rings. The molecule has 0 saturated carbocycles. The van der Waals surface area contributed by atoms with Gasteiger partial charge in [0.25, 0.3) is 5.56 Å². The summed E-state index contributed by atoms with van der Waals surface area (Å²) in [6.07, 6.45) is 6.40. The molecule has 0 spiro atoms. The summed E-state index contributed by atoms with van der Waals surface area (Å²) in [6.45, 7) is 1.86. The Morgan fingerprint density at radius 1 is 1.38 bits per heavy atom. The third-order valence-corrected chi connectivity index (χ3v) is 4.89. The normalized spacial score (nSPS) is 18.5. The number of anilines is 1. The molecule has 0 bridgehead atoms. The van der Waals surface area contributed by atoms with Crippen LogP contribution in [0, 0.1) is 0 Å². The van der Waals surface area contributed by atoms with Crippen molar-refractivity contribution in [2.24, 2.45) is 0 Å². The minimum atomic E-state index is -0.0804. The molecule has 0 radical (unpaired) electrons. The van der Waals surface area contributed by atoms with E-state index in [0.717, 1.165) is 36.1 Å². The minimum absolute atomic E-state index is 0.0804. The van der Waals surface area contributed by atoms with Crippen molar-refractivity contribution in [1.82, 2.24) is 15.0 Å². The van der Waals surface area contributed by atoms with Gasteiger partial charge in [-0.05, 0) is 12.5 Å². The van der Waals surface area contributed by atoms with Crippen LogP contribution in [0.2, 0.25) is 0 Å². The molecular weight excluding hydrogens is 284 g/mol. The van der Waals surface area contributed by atoms with E-state index in [1.165, 1.54) is 5.01 Å². The van der Waals surface area contributed by atoms with Crippen LogP contribution in [0.4, 0.5) is 5.69 Å². The highest BCUT2D eigenvalue weighted by Gasteiger charge is 2.26. The predicted octanol–water partition coefficient (Wildman–Crippen LogP) is 2.37. The van der Waals surface area contributed by atoms with Crippen LogP contribution < -0.4 is 10.5 Å². The highest BCUT2D eigenvalue weighted by atomic mass is 32.1. The maximum absolute atomic E-state index is 11.9. The lowest BCUT2D eigenvalue weighted by Gasteiger charge is -2.20. The molecule has 0 aromatic carbocycles. The van der Waals surface area contributed by atoms with E-state index in [9.17, 15) is 4.79 Å². The molecule has 21 heavy (non-hydrogen) atoms. The maximum atomic E-state index is 11.9. The number of hydrogen-bond donors (Lipinski definition) is 1. The summed E-state index contributed by atoms with van der Waals surface area (Å²) in [6, 6.07) is 3.64. The molecule has 1 aliphatic rings. The lowest BCUT2D eigenvalue weighted by molar-refractivity contribution is 0.766. The number of hydrogen-bond acceptors (Lipinski definition) is 5. The number of thiazole rings is 1. The fourth-order valence-electron chi connectivity index (χ4n) is 2.97. The molecule has 4 rings (SSSR count). The van der Waals surface area contributed by atoms with Crippen molar-refractivity contribution in [2.75, 3.05) is 18.0 Å². The van der Waals surface area contributed by atoms with Gasteiger partial charge in [0.05, 0.1) is 22.4 Å². The maximum Gasteiger partial charge on any atom is 0.250 e. The standard InChI is InChI=1S/C15H14N4OS/c20-14-7-13(11-1-3-16-8-12(11)18-14)19-5-2-10(9-19)15-17-4-6-21-15/h1,3-4,6-8,10H,2,5,9H2,(H,18,20). The van der Waals surface area contributed by atoms with Crippen LogP contribution in [0.25, 0.3) is 10.9 Å².